The second-order valence-electron chi connectivity index (χ2n) is 9.88. The molecule has 0 unspecified atom stereocenters. The number of amides is 1. The number of benzene rings is 2. The monoisotopic (exact) mass is 745 g/mol. The predicted molar refractivity (Wildman–Crippen MR) is 156 cm³/mol. The summed E-state index contributed by atoms with van der Waals surface area (Å²) in [5.74, 6) is 2.81. The van der Waals surface area contributed by atoms with Crippen molar-refractivity contribution in [3.8, 4) is 5.75 Å². The van der Waals surface area contributed by atoms with Gasteiger partial charge in [-0.05, 0) is 50.2 Å². The van der Waals surface area contributed by atoms with Gasteiger partial charge >= 0.3 is 31.1 Å². The first-order valence-corrected chi connectivity index (χ1v) is 14.1. The largest absolute Gasteiger partial charge is 2.00 e. The van der Waals surface area contributed by atoms with Gasteiger partial charge in [-0.1, -0.05) is 78.7 Å². The molecule has 0 spiro atoms. The molecule has 0 aliphatic heterocycles. The maximum atomic E-state index is 12.3. The van der Waals surface area contributed by atoms with Crippen LogP contribution in [0.3, 0.4) is 0 Å². The smallest absolute Gasteiger partial charge is 0.545 e. The van der Waals surface area contributed by atoms with Crippen molar-refractivity contribution in [1.29, 1.82) is 0 Å². The Kier molecular flexibility index (Phi) is 19.5. The number of ether oxygens (including phenoxy) is 1. The van der Waals surface area contributed by atoms with Gasteiger partial charge in [-0.2, -0.15) is 34.9 Å². The van der Waals surface area contributed by atoms with Gasteiger partial charge in [-0.25, -0.2) is 0 Å². The molecule has 2 aliphatic carbocycles. The summed E-state index contributed by atoms with van der Waals surface area (Å²) in [4.78, 5) is 20.0. The number of hydrogen-bond donors (Lipinski definition) is 1. The Bertz CT molecular complexity index is 934. The number of carbonyl (C=O) groups excluding carboxylic acids is 2. The first-order chi connectivity index (χ1) is 17.9. The average Bonchev–Trinajstić information content (AvgIpc) is 2.91. The van der Waals surface area contributed by atoms with Crippen molar-refractivity contribution in [3.05, 3.63) is 58.7 Å². The number of methoxy groups -OCH3 is 1. The van der Waals surface area contributed by atoms with E-state index in [-0.39, 0.29) is 42.9 Å². The van der Waals surface area contributed by atoms with E-state index in [4.69, 9.17) is 9.53 Å². The minimum Gasteiger partial charge on any atom is -0.545 e. The molecule has 0 saturated heterocycles. The van der Waals surface area contributed by atoms with E-state index in [1.807, 2.05) is 39.0 Å². The topological polar surface area (TPSA) is 55.4 Å². The van der Waals surface area contributed by atoms with Crippen LogP contribution in [0.5, 0.6) is 5.75 Å². The van der Waals surface area contributed by atoms with Gasteiger partial charge in [0.05, 0.1) is 7.11 Å². The van der Waals surface area contributed by atoms with E-state index >= 15 is 0 Å². The van der Waals surface area contributed by atoms with Crippen LogP contribution in [-0.4, -0.2) is 19.8 Å². The van der Waals surface area contributed by atoms with Gasteiger partial charge in [-0.15, -0.1) is 0 Å². The summed E-state index contributed by atoms with van der Waals surface area (Å²) < 4.78 is 5.29. The number of hydrogen-bond acceptors (Lipinski definition) is 3. The summed E-state index contributed by atoms with van der Waals surface area (Å²) in [7, 11) is 1.65. The third-order valence-corrected chi connectivity index (χ3v) is 7.67. The Hall–Kier alpha value is -1.57. The van der Waals surface area contributed by atoms with Gasteiger partial charge < -0.3 is 14.8 Å². The van der Waals surface area contributed by atoms with E-state index in [0.29, 0.717) is 0 Å². The fourth-order valence-electron chi connectivity index (χ4n) is 5.00. The van der Waals surface area contributed by atoms with Crippen molar-refractivity contribution in [2.45, 2.75) is 105 Å². The molecule has 0 heterocycles. The Labute approximate surface area is 256 Å². The molecule has 2 fully saturated rings. The predicted octanol–water partition coefficient (Wildman–Crippen LogP) is 8.54. The molecule has 2 saturated carbocycles. The quantitative estimate of drug-likeness (QED) is 0.238. The molecule has 2 aromatic rings. The standard InChI is InChI=1S/C17H25NO2.C13H17.C2H6.CHO.U/c1-4-13-6-8-14(9-7-13)17(19)18-15-10-5-12(2)16(11-15)20-3;1-3-11-7-8-13(9-10(11)2)12-5-4-6-12;2*1-2;/h5,10-11,13-14H,4,6-9H2,1-3H3,(H,18,19);8-9,12H,3-6H2,1-2H3;1-2H3;1H;/q;-1;;-1;+2. The second-order valence-corrected chi connectivity index (χ2v) is 9.88. The summed E-state index contributed by atoms with van der Waals surface area (Å²) in [5.41, 5.74) is 6.22. The zero-order valence-corrected chi connectivity index (χ0v) is 28.9. The van der Waals surface area contributed by atoms with Crippen LogP contribution in [0.2, 0.25) is 0 Å². The first-order valence-electron chi connectivity index (χ1n) is 14.1. The van der Waals surface area contributed by atoms with Gasteiger partial charge in [0.2, 0.25) is 5.91 Å². The van der Waals surface area contributed by atoms with Crippen molar-refractivity contribution < 1.29 is 45.4 Å². The van der Waals surface area contributed by atoms with E-state index in [0.717, 1.165) is 48.1 Å². The summed E-state index contributed by atoms with van der Waals surface area (Å²) in [6, 6.07) is 13.8. The van der Waals surface area contributed by atoms with Gasteiger partial charge in [0.1, 0.15) is 5.75 Å². The van der Waals surface area contributed by atoms with Gasteiger partial charge in [0.15, 0.2) is 0 Å². The third kappa shape index (κ3) is 11.3. The van der Waals surface area contributed by atoms with Crippen molar-refractivity contribution >= 4 is 18.4 Å². The number of rotatable bonds is 6. The van der Waals surface area contributed by atoms with E-state index < -0.39 is 0 Å². The molecular weight excluding hydrogens is 696 g/mol. The fourth-order valence-corrected chi connectivity index (χ4v) is 5.00. The second kappa shape index (κ2) is 20.4. The molecule has 0 atom stereocenters. The molecule has 1 amide bonds. The van der Waals surface area contributed by atoms with Gasteiger partial charge in [0.25, 0.3) is 0 Å². The van der Waals surface area contributed by atoms with E-state index in [9.17, 15) is 4.79 Å². The zero-order valence-electron chi connectivity index (χ0n) is 24.8. The molecule has 2 aromatic carbocycles. The van der Waals surface area contributed by atoms with Crippen LogP contribution in [0.1, 0.15) is 107 Å². The zero-order chi connectivity index (χ0) is 27.8. The molecule has 5 heteroatoms. The Morgan fingerprint density at radius 1 is 1.00 bits per heavy atom. The van der Waals surface area contributed by atoms with Gasteiger partial charge in [0, 0.05) is 17.7 Å². The Balaban J connectivity index is 0.000000659. The number of aryl methyl sites for hydroxylation is 3. The molecule has 1 N–H and O–H groups in total. The molecule has 0 bridgehead atoms. The molecule has 0 radical (unpaired) electrons. The van der Waals surface area contributed by atoms with E-state index in [2.05, 4.69) is 51.1 Å². The van der Waals surface area contributed by atoms with Crippen LogP contribution in [0.4, 0.5) is 5.69 Å². The summed E-state index contributed by atoms with van der Waals surface area (Å²) in [6.45, 7) is 15.9. The van der Waals surface area contributed by atoms with Crippen LogP contribution < -0.4 is 10.1 Å². The minimum absolute atomic E-state index is 0. The van der Waals surface area contributed by atoms with Crippen LogP contribution >= 0.6 is 0 Å². The van der Waals surface area contributed by atoms with Crippen molar-refractivity contribution in [3.63, 3.8) is 0 Å². The van der Waals surface area contributed by atoms with E-state index in [1.54, 1.807) is 7.11 Å². The molecule has 208 valence electrons. The normalized spacial score (nSPS) is 17.9. The van der Waals surface area contributed by atoms with Crippen LogP contribution in [0.15, 0.2) is 30.3 Å². The van der Waals surface area contributed by atoms with Crippen molar-refractivity contribution in [1.82, 2.24) is 0 Å². The first kappa shape index (κ1) is 36.4. The maximum Gasteiger partial charge on any atom is 2.00 e. The Morgan fingerprint density at radius 2 is 1.63 bits per heavy atom. The molecule has 38 heavy (non-hydrogen) atoms. The molecule has 0 aromatic heterocycles. The molecule has 4 nitrogen and oxygen atoms in total. The average molecular weight is 746 g/mol. The summed E-state index contributed by atoms with van der Waals surface area (Å²) in [6.07, 6.45) is 11.0. The minimum atomic E-state index is 0. The summed E-state index contributed by atoms with van der Waals surface area (Å²) >= 11 is 0. The summed E-state index contributed by atoms with van der Waals surface area (Å²) in [5, 5.41) is 3.03. The molecular formula is C33H49NO3U. The van der Waals surface area contributed by atoms with Gasteiger partial charge in [-0.3, -0.25) is 11.6 Å². The number of carbonyl (C=O) groups is 1. The van der Waals surface area contributed by atoms with Crippen LogP contribution in [0, 0.1) is 62.9 Å². The molecule has 4 rings (SSSR count). The molecule has 2 aliphatic rings. The number of anilines is 1. The third-order valence-electron chi connectivity index (χ3n) is 7.67. The van der Waals surface area contributed by atoms with Crippen molar-refractivity contribution in [2.24, 2.45) is 11.8 Å². The van der Waals surface area contributed by atoms with E-state index in [1.165, 1.54) is 55.2 Å². The number of nitrogens with one attached hydrogen (secondary N) is 1. The van der Waals surface area contributed by atoms with Crippen molar-refractivity contribution in [2.75, 3.05) is 12.4 Å². The maximum absolute atomic E-state index is 12.3. The van der Waals surface area contributed by atoms with Crippen LogP contribution in [0.25, 0.3) is 0 Å². The van der Waals surface area contributed by atoms with Crippen LogP contribution in [-0.2, 0) is 16.0 Å². The fraction of sp³-hybridized carbons (Fsp3) is 0.576. The SMILES string of the molecule is CC.CCC1CCC(C(=O)Nc2ccc(C)c(OC)c2)CC1.CCc1[c-]cc(C2CCC2)cc1C.[CH-]=O.[U+2]. The Morgan fingerprint density at radius 3 is 2.11 bits per heavy atom.